The third kappa shape index (κ3) is 3.70. The Bertz CT molecular complexity index is 1210. The van der Waals surface area contributed by atoms with Crippen molar-refractivity contribution >= 4 is 40.2 Å². The lowest BCUT2D eigenvalue weighted by Gasteiger charge is -2.17. The van der Waals surface area contributed by atoms with Gasteiger partial charge in [-0.2, -0.15) is 0 Å². The summed E-state index contributed by atoms with van der Waals surface area (Å²) in [6, 6.07) is 18.9. The van der Waals surface area contributed by atoms with Crippen LogP contribution in [0.15, 0.2) is 66.7 Å². The van der Waals surface area contributed by atoms with Crippen LogP contribution in [-0.2, 0) is 0 Å². The van der Waals surface area contributed by atoms with Crippen molar-refractivity contribution in [3.8, 4) is 11.4 Å². The van der Waals surface area contributed by atoms with Crippen LogP contribution in [0.4, 0.5) is 5.69 Å². The number of rotatable bonds is 4. The van der Waals surface area contributed by atoms with Crippen molar-refractivity contribution in [3.05, 3.63) is 82.9 Å². The molecule has 4 rings (SSSR count). The molecule has 0 aliphatic heterocycles. The molecule has 0 fully saturated rings. The number of imidazole rings is 1. The van der Waals surface area contributed by atoms with E-state index in [0.717, 1.165) is 16.8 Å². The van der Waals surface area contributed by atoms with Crippen molar-refractivity contribution < 1.29 is 14.7 Å². The van der Waals surface area contributed by atoms with E-state index < -0.39 is 5.97 Å². The van der Waals surface area contributed by atoms with Gasteiger partial charge in [-0.3, -0.25) is 4.79 Å². The second-order valence-electron chi connectivity index (χ2n) is 6.54. The number of nitrogens with zero attached hydrogens (tertiary/aromatic N) is 2. The molecular weight excluding hydrogens is 390 g/mol. The highest BCUT2D eigenvalue weighted by Crippen LogP contribution is 2.23. The van der Waals surface area contributed by atoms with Crippen LogP contribution in [-0.4, -0.2) is 34.0 Å². The Morgan fingerprint density at radius 3 is 2.28 bits per heavy atom. The number of carboxylic acid groups (broad SMARTS) is 1. The van der Waals surface area contributed by atoms with Crippen LogP contribution in [0.3, 0.4) is 0 Å². The van der Waals surface area contributed by atoms with E-state index >= 15 is 0 Å². The van der Waals surface area contributed by atoms with E-state index in [4.69, 9.17) is 16.7 Å². The molecule has 1 aromatic heterocycles. The number of halogens is 1. The quantitative estimate of drug-likeness (QED) is 0.507. The van der Waals surface area contributed by atoms with Crippen LogP contribution in [0.1, 0.15) is 20.7 Å². The van der Waals surface area contributed by atoms with Crippen LogP contribution >= 0.6 is 11.6 Å². The van der Waals surface area contributed by atoms with Gasteiger partial charge in [-0.25, -0.2) is 9.78 Å². The maximum absolute atomic E-state index is 12.7. The van der Waals surface area contributed by atoms with Crippen LogP contribution < -0.4 is 4.90 Å². The standard InChI is InChI=1S/C22H16ClN3O3/c1-26(17-9-7-16(23)8-10-17)21(27)14-4-2-13(3-5-14)20-24-18-11-6-15(22(28)29)12-19(18)25-20/h2-12H,1H3,(H,24,25)(H,28,29). The number of H-pyrrole nitrogens is 1. The van der Waals surface area contributed by atoms with Gasteiger partial charge in [0.05, 0.1) is 16.6 Å². The molecule has 144 valence electrons. The summed E-state index contributed by atoms with van der Waals surface area (Å²) >= 11 is 5.90. The summed E-state index contributed by atoms with van der Waals surface area (Å²) in [5, 5.41) is 9.72. The molecule has 0 atom stereocenters. The maximum Gasteiger partial charge on any atom is 0.335 e. The Hall–Kier alpha value is -3.64. The molecule has 0 bridgehead atoms. The van der Waals surface area contributed by atoms with E-state index in [9.17, 15) is 9.59 Å². The zero-order chi connectivity index (χ0) is 20.5. The van der Waals surface area contributed by atoms with E-state index in [-0.39, 0.29) is 11.5 Å². The fourth-order valence-electron chi connectivity index (χ4n) is 3.02. The Kier molecular flexibility index (Phi) is 4.78. The molecule has 7 heteroatoms. The Morgan fingerprint density at radius 2 is 1.62 bits per heavy atom. The van der Waals surface area contributed by atoms with E-state index in [2.05, 4.69) is 9.97 Å². The van der Waals surface area contributed by atoms with Crippen LogP contribution in [0.25, 0.3) is 22.4 Å². The van der Waals surface area contributed by atoms with E-state index in [1.165, 1.54) is 12.1 Å². The zero-order valence-corrected chi connectivity index (χ0v) is 16.1. The molecule has 6 nitrogen and oxygen atoms in total. The molecule has 0 unspecified atom stereocenters. The fraction of sp³-hybridized carbons (Fsp3) is 0.0455. The first kappa shape index (κ1) is 18.7. The van der Waals surface area contributed by atoms with Gasteiger partial charge in [-0.1, -0.05) is 23.7 Å². The average molecular weight is 406 g/mol. The number of carboxylic acids is 1. The summed E-state index contributed by atoms with van der Waals surface area (Å²) in [5.41, 5.74) is 3.58. The summed E-state index contributed by atoms with van der Waals surface area (Å²) in [5.74, 6) is -0.536. The molecular formula is C22H16ClN3O3. The van der Waals surface area contributed by atoms with Gasteiger partial charge in [0, 0.05) is 28.9 Å². The third-order valence-corrected chi connectivity index (χ3v) is 4.91. The van der Waals surface area contributed by atoms with Crippen molar-refractivity contribution in [1.82, 2.24) is 9.97 Å². The van der Waals surface area contributed by atoms with E-state index in [1.807, 2.05) is 0 Å². The number of aromatic carboxylic acids is 1. The molecule has 29 heavy (non-hydrogen) atoms. The van der Waals surface area contributed by atoms with Crippen molar-refractivity contribution in [1.29, 1.82) is 0 Å². The number of carbonyl (C=O) groups is 2. The summed E-state index contributed by atoms with van der Waals surface area (Å²) < 4.78 is 0. The monoisotopic (exact) mass is 405 g/mol. The van der Waals surface area contributed by atoms with Crippen molar-refractivity contribution in [3.63, 3.8) is 0 Å². The highest BCUT2D eigenvalue weighted by Gasteiger charge is 2.14. The first-order valence-corrected chi connectivity index (χ1v) is 9.17. The van der Waals surface area contributed by atoms with Crippen molar-refractivity contribution in [2.45, 2.75) is 0 Å². The third-order valence-electron chi connectivity index (χ3n) is 4.65. The number of nitrogens with one attached hydrogen (secondary N) is 1. The van der Waals surface area contributed by atoms with Gasteiger partial charge < -0.3 is 15.0 Å². The van der Waals surface area contributed by atoms with Crippen molar-refractivity contribution in [2.24, 2.45) is 0 Å². The topological polar surface area (TPSA) is 86.3 Å². The van der Waals surface area contributed by atoms with Crippen molar-refractivity contribution in [2.75, 3.05) is 11.9 Å². The normalized spacial score (nSPS) is 10.8. The fourth-order valence-corrected chi connectivity index (χ4v) is 3.15. The maximum atomic E-state index is 12.7. The molecule has 0 spiro atoms. The SMILES string of the molecule is CN(C(=O)c1ccc(-c2nc3cc(C(=O)O)ccc3[nH]2)cc1)c1ccc(Cl)cc1. The number of aromatic nitrogens is 2. The number of amides is 1. The highest BCUT2D eigenvalue weighted by molar-refractivity contribution is 6.30. The lowest BCUT2D eigenvalue weighted by molar-refractivity contribution is 0.0696. The number of fused-ring (bicyclic) bond motifs is 1. The Morgan fingerprint density at radius 1 is 0.966 bits per heavy atom. The minimum absolute atomic E-state index is 0.144. The van der Waals surface area contributed by atoms with Gasteiger partial charge in [0.2, 0.25) is 0 Å². The van der Waals surface area contributed by atoms with Gasteiger partial charge in [0.15, 0.2) is 0 Å². The second-order valence-corrected chi connectivity index (χ2v) is 6.98. The predicted octanol–water partition coefficient (Wildman–Crippen LogP) is 4.86. The van der Waals surface area contributed by atoms with Gasteiger partial charge in [-0.15, -0.1) is 0 Å². The number of hydrogen-bond acceptors (Lipinski definition) is 3. The summed E-state index contributed by atoms with van der Waals surface area (Å²) in [4.78, 5) is 33.0. The van der Waals surface area contributed by atoms with E-state index in [1.54, 1.807) is 66.5 Å². The lowest BCUT2D eigenvalue weighted by Crippen LogP contribution is -2.26. The minimum atomic E-state index is -0.996. The van der Waals surface area contributed by atoms with Crippen LogP contribution in [0.2, 0.25) is 5.02 Å². The number of carbonyl (C=O) groups excluding carboxylic acids is 1. The molecule has 3 aromatic carbocycles. The molecule has 0 radical (unpaired) electrons. The molecule has 0 saturated heterocycles. The molecule has 1 heterocycles. The van der Waals surface area contributed by atoms with Gasteiger partial charge in [0.25, 0.3) is 5.91 Å². The smallest absolute Gasteiger partial charge is 0.335 e. The van der Waals surface area contributed by atoms with Gasteiger partial charge in [0.1, 0.15) is 5.82 Å². The van der Waals surface area contributed by atoms with E-state index in [0.29, 0.717) is 21.9 Å². The Labute approximate surface area is 171 Å². The second kappa shape index (κ2) is 7.41. The highest BCUT2D eigenvalue weighted by atomic mass is 35.5. The number of anilines is 1. The predicted molar refractivity (Wildman–Crippen MR) is 113 cm³/mol. The Balaban J connectivity index is 1.58. The van der Waals surface area contributed by atoms with Gasteiger partial charge in [-0.05, 0) is 54.6 Å². The number of hydrogen-bond donors (Lipinski definition) is 2. The molecule has 4 aromatic rings. The zero-order valence-electron chi connectivity index (χ0n) is 15.4. The summed E-state index contributed by atoms with van der Waals surface area (Å²) in [7, 11) is 1.71. The largest absolute Gasteiger partial charge is 0.478 e. The summed E-state index contributed by atoms with van der Waals surface area (Å²) in [6.07, 6.45) is 0. The first-order valence-electron chi connectivity index (χ1n) is 8.79. The van der Waals surface area contributed by atoms with Crippen LogP contribution in [0.5, 0.6) is 0 Å². The average Bonchev–Trinajstić information content (AvgIpc) is 3.16. The first-order chi connectivity index (χ1) is 13.9. The molecule has 0 aliphatic rings. The number of benzene rings is 3. The molecule has 0 saturated carbocycles. The summed E-state index contributed by atoms with van der Waals surface area (Å²) in [6.45, 7) is 0. The minimum Gasteiger partial charge on any atom is -0.478 e. The van der Waals surface area contributed by atoms with Crippen LogP contribution in [0, 0.1) is 0 Å². The molecule has 2 N–H and O–H groups in total. The molecule has 1 amide bonds. The molecule has 0 aliphatic carbocycles. The van der Waals surface area contributed by atoms with Gasteiger partial charge >= 0.3 is 5.97 Å². The number of aromatic amines is 1. The lowest BCUT2D eigenvalue weighted by atomic mass is 10.1.